The molecule has 26 heavy (non-hydrogen) atoms. The fourth-order valence-electron chi connectivity index (χ4n) is 2.13. The van der Waals surface area contributed by atoms with Crippen LogP contribution in [-0.4, -0.2) is 36.0 Å². The zero-order valence-electron chi connectivity index (χ0n) is 13.7. The maximum absolute atomic E-state index is 13.1. The lowest BCUT2D eigenvalue weighted by Gasteiger charge is -2.22. The van der Waals surface area contributed by atoms with Gasteiger partial charge in [0.25, 0.3) is 5.91 Å². The number of hydrogen-bond acceptors (Lipinski definition) is 5. The second-order valence-electron chi connectivity index (χ2n) is 5.36. The summed E-state index contributed by atoms with van der Waals surface area (Å²) in [4.78, 5) is 36.5. The summed E-state index contributed by atoms with van der Waals surface area (Å²) in [5.41, 5.74) is 5.62. The predicted molar refractivity (Wildman–Crippen MR) is 91.0 cm³/mol. The number of aromatic hydroxyl groups is 1. The van der Waals surface area contributed by atoms with Crippen molar-refractivity contribution in [3.8, 4) is 5.75 Å². The van der Waals surface area contributed by atoms with E-state index in [-0.39, 0.29) is 24.3 Å². The van der Waals surface area contributed by atoms with E-state index < -0.39 is 30.2 Å². The Kier molecular flexibility index (Phi) is 6.26. The molecule has 0 unspecified atom stereocenters. The minimum Gasteiger partial charge on any atom is -0.508 e. The van der Waals surface area contributed by atoms with E-state index >= 15 is 0 Å². The molecule has 7 nitrogen and oxygen atoms in total. The number of rotatable bonds is 7. The average Bonchev–Trinajstić information content (AvgIpc) is 2.61. The minimum absolute atomic E-state index is 0.00781. The fraction of sp³-hybridized carbons (Fsp3) is 0.167. The molecule has 0 aliphatic rings. The van der Waals surface area contributed by atoms with Crippen LogP contribution >= 0.6 is 0 Å². The van der Waals surface area contributed by atoms with Crippen LogP contribution in [0.5, 0.6) is 5.75 Å². The highest BCUT2D eigenvalue weighted by Crippen LogP contribution is 2.16. The van der Waals surface area contributed by atoms with Gasteiger partial charge in [-0.25, -0.2) is 9.18 Å². The van der Waals surface area contributed by atoms with E-state index in [1.807, 2.05) is 0 Å². The van der Waals surface area contributed by atoms with Crippen LogP contribution in [0.1, 0.15) is 16.8 Å². The SMILES string of the molecule is NC(=O)CCN(C(=O)COC(=O)c1ccc(O)cc1)c1ccc(F)cc1. The molecular formula is C18H17FN2O5. The quantitative estimate of drug-likeness (QED) is 0.729. The van der Waals surface area contributed by atoms with Crippen LogP contribution in [-0.2, 0) is 14.3 Å². The van der Waals surface area contributed by atoms with Gasteiger partial charge in [-0.3, -0.25) is 9.59 Å². The van der Waals surface area contributed by atoms with Gasteiger partial charge in [0.05, 0.1) is 5.56 Å². The molecule has 136 valence electrons. The zero-order chi connectivity index (χ0) is 19.1. The summed E-state index contributed by atoms with van der Waals surface area (Å²) >= 11 is 0. The van der Waals surface area contributed by atoms with Crippen molar-refractivity contribution in [1.29, 1.82) is 0 Å². The van der Waals surface area contributed by atoms with Crippen molar-refractivity contribution in [3.63, 3.8) is 0 Å². The first kappa shape index (κ1) is 18.9. The number of carbonyl (C=O) groups is 3. The Hall–Kier alpha value is -3.42. The van der Waals surface area contributed by atoms with E-state index in [0.717, 1.165) is 0 Å². The molecule has 3 N–H and O–H groups in total. The summed E-state index contributed by atoms with van der Waals surface area (Å²) in [5, 5.41) is 9.20. The van der Waals surface area contributed by atoms with Gasteiger partial charge in [-0.05, 0) is 48.5 Å². The van der Waals surface area contributed by atoms with Crippen LogP contribution in [0.4, 0.5) is 10.1 Å². The van der Waals surface area contributed by atoms with Crippen LogP contribution in [0.25, 0.3) is 0 Å². The number of nitrogens with two attached hydrogens (primary N) is 1. The highest BCUT2D eigenvalue weighted by atomic mass is 19.1. The summed E-state index contributed by atoms with van der Waals surface area (Å²) in [6, 6.07) is 10.4. The number of anilines is 1. The smallest absolute Gasteiger partial charge is 0.338 e. The third-order valence-corrected chi connectivity index (χ3v) is 3.45. The molecule has 0 aliphatic heterocycles. The third kappa shape index (κ3) is 5.30. The molecule has 0 fully saturated rings. The molecule has 2 amide bonds. The normalized spacial score (nSPS) is 10.2. The van der Waals surface area contributed by atoms with E-state index in [4.69, 9.17) is 10.5 Å². The van der Waals surface area contributed by atoms with Gasteiger partial charge >= 0.3 is 5.97 Å². The number of carbonyl (C=O) groups excluding carboxylic acids is 3. The lowest BCUT2D eigenvalue weighted by Crippen LogP contribution is -2.37. The standard InChI is InChI=1S/C18H17FN2O5/c19-13-3-5-14(6-4-13)21(10-9-16(20)23)17(24)11-26-18(25)12-1-7-15(22)8-2-12/h1-8,22H,9-11H2,(H2,20,23). The van der Waals surface area contributed by atoms with Crippen LogP contribution in [0.15, 0.2) is 48.5 Å². The number of phenolic OH excluding ortho intramolecular Hbond substituents is 1. The third-order valence-electron chi connectivity index (χ3n) is 3.45. The van der Waals surface area contributed by atoms with Crippen molar-refractivity contribution in [2.75, 3.05) is 18.1 Å². The summed E-state index contributed by atoms with van der Waals surface area (Å²) in [6.45, 7) is -0.605. The number of amides is 2. The van der Waals surface area contributed by atoms with Gasteiger partial charge in [-0.1, -0.05) is 0 Å². The van der Waals surface area contributed by atoms with E-state index in [0.29, 0.717) is 5.69 Å². The topological polar surface area (TPSA) is 110 Å². The first-order valence-electron chi connectivity index (χ1n) is 7.67. The second-order valence-corrected chi connectivity index (χ2v) is 5.36. The highest BCUT2D eigenvalue weighted by molar-refractivity contribution is 5.97. The summed E-state index contributed by atoms with van der Waals surface area (Å²) < 4.78 is 18.0. The van der Waals surface area contributed by atoms with Gasteiger partial charge in [-0.15, -0.1) is 0 Å². The predicted octanol–water partition coefficient (Wildman–Crippen LogP) is 1.60. The van der Waals surface area contributed by atoms with Gasteiger partial charge in [0.1, 0.15) is 11.6 Å². The van der Waals surface area contributed by atoms with E-state index in [1.54, 1.807) is 0 Å². The number of phenols is 1. The largest absolute Gasteiger partial charge is 0.508 e. The van der Waals surface area contributed by atoms with Crippen molar-refractivity contribution in [3.05, 3.63) is 59.9 Å². The molecule has 2 aromatic carbocycles. The van der Waals surface area contributed by atoms with E-state index in [1.165, 1.54) is 53.4 Å². The van der Waals surface area contributed by atoms with Gasteiger partial charge < -0.3 is 20.5 Å². The van der Waals surface area contributed by atoms with E-state index in [9.17, 15) is 23.9 Å². The number of benzene rings is 2. The number of primary amides is 1. The lowest BCUT2D eigenvalue weighted by molar-refractivity contribution is -0.121. The minimum atomic E-state index is -0.743. The Balaban J connectivity index is 2.05. The Morgan fingerprint density at radius 1 is 1.04 bits per heavy atom. The van der Waals surface area contributed by atoms with E-state index in [2.05, 4.69) is 0 Å². The van der Waals surface area contributed by atoms with Crippen molar-refractivity contribution >= 4 is 23.5 Å². The van der Waals surface area contributed by atoms with Crippen molar-refractivity contribution in [2.45, 2.75) is 6.42 Å². The van der Waals surface area contributed by atoms with Crippen molar-refractivity contribution < 1.29 is 28.6 Å². The van der Waals surface area contributed by atoms with Gasteiger partial charge in [0.2, 0.25) is 5.91 Å². The Labute approximate surface area is 148 Å². The summed E-state index contributed by atoms with van der Waals surface area (Å²) in [5.74, 6) is -2.43. The molecule has 0 aliphatic carbocycles. The first-order valence-corrected chi connectivity index (χ1v) is 7.67. The summed E-state index contributed by atoms with van der Waals surface area (Å²) in [6.07, 6.45) is -0.102. The second kappa shape index (κ2) is 8.61. The molecule has 0 bridgehead atoms. The molecule has 0 radical (unpaired) electrons. The molecule has 0 atom stereocenters. The highest BCUT2D eigenvalue weighted by Gasteiger charge is 2.19. The summed E-state index contributed by atoms with van der Waals surface area (Å²) in [7, 11) is 0. The molecule has 8 heteroatoms. The van der Waals surface area contributed by atoms with Crippen molar-refractivity contribution in [2.24, 2.45) is 5.73 Å². The number of esters is 1. The molecule has 2 rings (SSSR count). The first-order chi connectivity index (χ1) is 12.4. The molecule has 0 saturated carbocycles. The Morgan fingerprint density at radius 3 is 2.23 bits per heavy atom. The number of nitrogens with zero attached hydrogens (tertiary/aromatic N) is 1. The maximum Gasteiger partial charge on any atom is 0.338 e. The average molecular weight is 360 g/mol. The van der Waals surface area contributed by atoms with Crippen LogP contribution in [0, 0.1) is 5.82 Å². The van der Waals surface area contributed by atoms with Gasteiger partial charge in [0, 0.05) is 18.7 Å². The number of hydrogen-bond donors (Lipinski definition) is 2. The van der Waals surface area contributed by atoms with Crippen LogP contribution in [0.3, 0.4) is 0 Å². The molecule has 0 aromatic heterocycles. The van der Waals surface area contributed by atoms with Crippen molar-refractivity contribution in [1.82, 2.24) is 0 Å². The molecular weight excluding hydrogens is 343 g/mol. The van der Waals surface area contributed by atoms with Gasteiger partial charge in [0.15, 0.2) is 6.61 Å². The number of ether oxygens (including phenoxy) is 1. The van der Waals surface area contributed by atoms with Gasteiger partial charge in [-0.2, -0.15) is 0 Å². The van der Waals surface area contributed by atoms with Crippen LogP contribution < -0.4 is 10.6 Å². The lowest BCUT2D eigenvalue weighted by atomic mass is 10.2. The Morgan fingerprint density at radius 2 is 1.65 bits per heavy atom. The zero-order valence-corrected chi connectivity index (χ0v) is 13.7. The molecule has 0 spiro atoms. The molecule has 0 saturated heterocycles. The van der Waals surface area contributed by atoms with Crippen LogP contribution in [0.2, 0.25) is 0 Å². The monoisotopic (exact) mass is 360 g/mol. The Bertz CT molecular complexity index is 790. The molecule has 2 aromatic rings. The number of halogens is 1. The maximum atomic E-state index is 13.1. The fourth-order valence-corrected chi connectivity index (χ4v) is 2.13. The molecule has 0 heterocycles.